The van der Waals surface area contributed by atoms with Gasteiger partial charge in [-0.25, -0.2) is 0 Å². The van der Waals surface area contributed by atoms with Gasteiger partial charge >= 0.3 is 0 Å². The molecule has 2 N–H and O–H groups in total. The zero-order valence-corrected chi connectivity index (χ0v) is 9.32. The third-order valence-electron chi connectivity index (χ3n) is 2.35. The van der Waals surface area contributed by atoms with Crippen molar-refractivity contribution in [2.75, 3.05) is 0 Å². The average molecular weight is 218 g/mol. The molecule has 4 nitrogen and oxygen atoms in total. The molecule has 0 spiro atoms. The summed E-state index contributed by atoms with van der Waals surface area (Å²) in [7, 11) is 0. The molecular weight excluding hydrogens is 204 g/mol. The Balaban J connectivity index is 2.90. The number of carbonyl (C=O) groups is 1. The summed E-state index contributed by atoms with van der Waals surface area (Å²) in [5.41, 5.74) is 0.839. The monoisotopic (exact) mass is 218 g/mol. The lowest BCUT2D eigenvalue weighted by atomic mass is 10.1. The predicted molar refractivity (Wildman–Crippen MR) is 60.0 cm³/mol. The SMILES string of the molecule is CCC(C#N)NC(=O)c1cccc(C)c1O. The second-order valence-electron chi connectivity index (χ2n) is 3.53. The zero-order valence-electron chi connectivity index (χ0n) is 9.32. The van der Waals surface area contributed by atoms with Crippen molar-refractivity contribution in [1.29, 1.82) is 5.26 Å². The number of phenols is 1. The van der Waals surface area contributed by atoms with Crippen LogP contribution in [0.25, 0.3) is 0 Å². The van der Waals surface area contributed by atoms with Gasteiger partial charge in [-0.1, -0.05) is 19.1 Å². The lowest BCUT2D eigenvalue weighted by molar-refractivity contribution is 0.0942. The Morgan fingerprint density at radius 3 is 2.88 bits per heavy atom. The van der Waals surface area contributed by atoms with Crippen molar-refractivity contribution < 1.29 is 9.90 Å². The number of aromatic hydroxyl groups is 1. The van der Waals surface area contributed by atoms with Gasteiger partial charge in [-0.3, -0.25) is 4.79 Å². The number of nitrogens with one attached hydrogen (secondary N) is 1. The summed E-state index contributed by atoms with van der Waals surface area (Å²) in [6.07, 6.45) is 0.537. The molecule has 0 aliphatic heterocycles. The van der Waals surface area contributed by atoms with Crippen molar-refractivity contribution in [2.24, 2.45) is 0 Å². The molecule has 1 aromatic carbocycles. The first kappa shape index (κ1) is 12.1. The molecule has 0 saturated carbocycles. The van der Waals surface area contributed by atoms with E-state index in [1.807, 2.05) is 13.0 Å². The van der Waals surface area contributed by atoms with Crippen LogP contribution in [-0.2, 0) is 0 Å². The number of nitrogens with zero attached hydrogens (tertiary/aromatic N) is 1. The van der Waals surface area contributed by atoms with E-state index < -0.39 is 11.9 Å². The molecule has 0 heterocycles. The molecule has 84 valence electrons. The van der Waals surface area contributed by atoms with E-state index >= 15 is 0 Å². The van der Waals surface area contributed by atoms with Crippen molar-refractivity contribution in [3.05, 3.63) is 29.3 Å². The Hall–Kier alpha value is -2.02. The van der Waals surface area contributed by atoms with E-state index in [-0.39, 0.29) is 11.3 Å². The fourth-order valence-electron chi connectivity index (χ4n) is 1.30. The van der Waals surface area contributed by atoms with Crippen LogP contribution < -0.4 is 5.32 Å². The Kier molecular flexibility index (Phi) is 3.90. The van der Waals surface area contributed by atoms with Gasteiger partial charge in [-0.15, -0.1) is 0 Å². The molecule has 1 atom stereocenters. The molecular formula is C12H14N2O2. The largest absolute Gasteiger partial charge is 0.507 e. The van der Waals surface area contributed by atoms with E-state index in [1.165, 1.54) is 6.07 Å². The summed E-state index contributed by atoms with van der Waals surface area (Å²) in [4.78, 5) is 11.7. The highest BCUT2D eigenvalue weighted by atomic mass is 16.3. The van der Waals surface area contributed by atoms with Crippen molar-refractivity contribution >= 4 is 5.91 Å². The van der Waals surface area contributed by atoms with Gasteiger partial charge in [-0.05, 0) is 25.0 Å². The summed E-state index contributed by atoms with van der Waals surface area (Å²) in [5.74, 6) is -0.456. The summed E-state index contributed by atoms with van der Waals surface area (Å²) >= 11 is 0. The minimum absolute atomic E-state index is 0.0345. The van der Waals surface area contributed by atoms with E-state index in [1.54, 1.807) is 19.1 Å². The Morgan fingerprint density at radius 1 is 1.62 bits per heavy atom. The zero-order chi connectivity index (χ0) is 12.1. The summed E-state index contributed by atoms with van der Waals surface area (Å²) in [6.45, 7) is 3.53. The highest BCUT2D eigenvalue weighted by molar-refractivity contribution is 5.97. The number of benzene rings is 1. The molecule has 16 heavy (non-hydrogen) atoms. The quantitative estimate of drug-likeness (QED) is 0.811. The van der Waals surface area contributed by atoms with Gasteiger partial charge < -0.3 is 10.4 Å². The standard InChI is InChI=1S/C12H14N2O2/c1-3-9(7-13)14-12(16)10-6-4-5-8(2)11(10)15/h4-6,9,15H,3H2,1-2H3,(H,14,16). The fourth-order valence-corrected chi connectivity index (χ4v) is 1.30. The van der Waals surface area contributed by atoms with Crippen LogP contribution >= 0.6 is 0 Å². The van der Waals surface area contributed by atoms with Gasteiger partial charge in [0.05, 0.1) is 11.6 Å². The van der Waals surface area contributed by atoms with Crippen LogP contribution in [0.1, 0.15) is 29.3 Å². The first-order valence-corrected chi connectivity index (χ1v) is 5.09. The van der Waals surface area contributed by atoms with Crippen LogP contribution in [0.5, 0.6) is 5.75 Å². The Labute approximate surface area is 94.5 Å². The molecule has 0 aromatic heterocycles. The molecule has 0 aliphatic rings. The number of hydrogen-bond donors (Lipinski definition) is 2. The number of rotatable bonds is 3. The molecule has 0 radical (unpaired) electrons. The van der Waals surface area contributed by atoms with E-state index in [9.17, 15) is 9.90 Å². The van der Waals surface area contributed by atoms with Crippen LogP contribution in [0.4, 0.5) is 0 Å². The van der Waals surface area contributed by atoms with E-state index in [4.69, 9.17) is 5.26 Å². The summed E-state index contributed by atoms with van der Waals surface area (Å²) < 4.78 is 0. The first-order chi connectivity index (χ1) is 7.60. The highest BCUT2D eigenvalue weighted by Crippen LogP contribution is 2.21. The van der Waals surface area contributed by atoms with Crippen LogP contribution in [0.15, 0.2) is 18.2 Å². The number of hydrogen-bond acceptors (Lipinski definition) is 3. The van der Waals surface area contributed by atoms with Gasteiger partial charge in [0, 0.05) is 0 Å². The van der Waals surface area contributed by atoms with Gasteiger partial charge in [0.2, 0.25) is 0 Å². The maximum Gasteiger partial charge on any atom is 0.256 e. The van der Waals surface area contributed by atoms with Crippen molar-refractivity contribution in [2.45, 2.75) is 26.3 Å². The third kappa shape index (κ3) is 2.51. The molecule has 0 fully saturated rings. The van der Waals surface area contributed by atoms with Crippen LogP contribution in [-0.4, -0.2) is 17.1 Å². The van der Waals surface area contributed by atoms with Crippen LogP contribution in [0.2, 0.25) is 0 Å². The first-order valence-electron chi connectivity index (χ1n) is 5.09. The van der Waals surface area contributed by atoms with Crippen molar-refractivity contribution in [3.8, 4) is 11.8 Å². The number of carbonyl (C=O) groups excluding carboxylic acids is 1. The highest BCUT2D eigenvalue weighted by Gasteiger charge is 2.15. The summed E-state index contributed by atoms with van der Waals surface area (Å²) in [5, 5.41) is 20.9. The minimum Gasteiger partial charge on any atom is -0.507 e. The maximum atomic E-state index is 11.7. The van der Waals surface area contributed by atoms with Crippen molar-refractivity contribution in [1.82, 2.24) is 5.32 Å². The van der Waals surface area contributed by atoms with Crippen molar-refractivity contribution in [3.63, 3.8) is 0 Å². The van der Waals surface area contributed by atoms with Gasteiger partial charge in [-0.2, -0.15) is 5.26 Å². The number of aryl methyl sites for hydroxylation is 1. The van der Waals surface area contributed by atoms with E-state index in [2.05, 4.69) is 5.32 Å². The summed E-state index contributed by atoms with van der Waals surface area (Å²) in [6, 6.07) is 6.39. The van der Waals surface area contributed by atoms with Crippen LogP contribution in [0.3, 0.4) is 0 Å². The van der Waals surface area contributed by atoms with E-state index in [0.717, 1.165) is 0 Å². The lowest BCUT2D eigenvalue weighted by Gasteiger charge is -2.10. The second-order valence-corrected chi connectivity index (χ2v) is 3.53. The molecule has 0 aliphatic carbocycles. The number of nitriles is 1. The van der Waals surface area contributed by atoms with Gasteiger partial charge in [0.25, 0.3) is 5.91 Å². The predicted octanol–water partition coefficient (Wildman–Crippen LogP) is 1.73. The third-order valence-corrected chi connectivity index (χ3v) is 2.35. The topological polar surface area (TPSA) is 73.1 Å². The Morgan fingerprint density at radius 2 is 2.31 bits per heavy atom. The molecule has 1 aromatic rings. The second kappa shape index (κ2) is 5.17. The Bertz CT molecular complexity index is 435. The number of amides is 1. The van der Waals surface area contributed by atoms with Gasteiger partial charge in [0.1, 0.15) is 11.8 Å². The lowest BCUT2D eigenvalue weighted by Crippen LogP contribution is -2.33. The normalized spacial score (nSPS) is 11.6. The number of para-hydroxylation sites is 1. The van der Waals surface area contributed by atoms with Gasteiger partial charge in [0.15, 0.2) is 0 Å². The molecule has 4 heteroatoms. The smallest absolute Gasteiger partial charge is 0.256 e. The fraction of sp³-hybridized carbons (Fsp3) is 0.333. The molecule has 1 amide bonds. The molecule has 1 unspecified atom stereocenters. The average Bonchev–Trinajstić information content (AvgIpc) is 2.29. The van der Waals surface area contributed by atoms with Crippen LogP contribution in [0, 0.1) is 18.3 Å². The molecule has 0 bridgehead atoms. The number of phenolic OH excluding ortho intramolecular Hbond substituents is 1. The maximum absolute atomic E-state index is 11.7. The van der Waals surface area contributed by atoms with E-state index in [0.29, 0.717) is 12.0 Å². The molecule has 1 rings (SSSR count). The molecule has 0 saturated heterocycles. The minimum atomic E-state index is -0.521.